The molecule has 4 rings (SSSR count). The van der Waals surface area contributed by atoms with Gasteiger partial charge in [-0.05, 0) is 19.1 Å². The molecule has 0 aliphatic carbocycles. The van der Waals surface area contributed by atoms with Gasteiger partial charge < -0.3 is 15.8 Å². The minimum Gasteiger partial charge on any atom is -0.445 e. The summed E-state index contributed by atoms with van der Waals surface area (Å²) in [6.07, 6.45) is 0. The molecular formula is C21H14ClN3O3. The van der Waals surface area contributed by atoms with Crippen LogP contribution in [0.4, 0.5) is 5.69 Å². The first-order valence-electron chi connectivity index (χ1n) is 8.42. The molecule has 2 aromatic rings. The summed E-state index contributed by atoms with van der Waals surface area (Å²) < 4.78 is 5.51. The quantitative estimate of drug-likeness (QED) is 0.763. The molecule has 0 aromatic heterocycles. The van der Waals surface area contributed by atoms with Crippen molar-refractivity contribution in [2.45, 2.75) is 12.3 Å². The van der Waals surface area contributed by atoms with Gasteiger partial charge in [0.25, 0.3) is 0 Å². The van der Waals surface area contributed by atoms with Gasteiger partial charge in [0.05, 0.1) is 5.57 Å². The number of ketones is 1. The van der Waals surface area contributed by atoms with E-state index in [9.17, 15) is 14.9 Å². The van der Waals surface area contributed by atoms with Gasteiger partial charge in [0.1, 0.15) is 22.8 Å². The average Bonchev–Trinajstić information content (AvgIpc) is 2.96. The van der Waals surface area contributed by atoms with Crippen LogP contribution < -0.4 is 11.1 Å². The van der Waals surface area contributed by atoms with E-state index in [1.54, 1.807) is 55.5 Å². The fraction of sp³-hybridized carbons (Fsp3) is 0.0952. The number of halogens is 1. The molecule has 138 valence electrons. The molecule has 2 heterocycles. The van der Waals surface area contributed by atoms with E-state index in [2.05, 4.69) is 5.32 Å². The van der Waals surface area contributed by atoms with Crippen LogP contribution in [0.3, 0.4) is 0 Å². The molecule has 28 heavy (non-hydrogen) atoms. The van der Waals surface area contributed by atoms with Crippen LogP contribution in [-0.4, -0.2) is 11.7 Å². The van der Waals surface area contributed by atoms with E-state index in [0.29, 0.717) is 16.8 Å². The van der Waals surface area contributed by atoms with Gasteiger partial charge in [-0.15, -0.1) is 0 Å². The van der Waals surface area contributed by atoms with E-state index in [1.165, 1.54) is 0 Å². The SMILES string of the molecule is CC1=C(C(=O)c2ccccc2)C2(C(=O)Nc3cccc(Cl)c32)C(C#N)=C(N)O1. The predicted octanol–water partition coefficient (Wildman–Crippen LogP) is 3.41. The van der Waals surface area contributed by atoms with E-state index in [-0.39, 0.29) is 27.8 Å². The van der Waals surface area contributed by atoms with Crippen LogP contribution in [0, 0.1) is 11.3 Å². The van der Waals surface area contributed by atoms with Crippen molar-refractivity contribution in [3.63, 3.8) is 0 Å². The van der Waals surface area contributed by atoms with Crippen LogP contribution in [-0.2, 0) is 14.9 Å². The Bertz CT molecular complexity index is 1150. The Morgan fingerprint density at radius 3 is 2.61 bits per heavy atom. The summed E-state index contributed by atoms with van der Waals surface area (Å²) in [7, 11) is 0. The maximum absolute atomic E-state index is 13.5. The van der Waals surface area contributed by atoms with Crippen molar-refractivity contribution in [3.8, 4) is 6.07 Å². The van der Waals surface area contributed by atoms with Crippen molar-refractivity contribution in [3.05, 3.63) is 87.5 Å². The molecule has 1 atom stereocenters. The summed E-state index contributed by atoms with van der Waals surface area (Å²) in [5, 5.41) is 12.8. The molecule has 7 heteroatoms. The summed E-state index contributed by atoms with van der Waals surface area (Å²) in [6, 6.07) is 15.4. The highest BCUT2D eigenvalue weighted by molar-refractivity contribution is 6.34. The molecule has 1 spiro atoms. The fourth-order valence-corrected chi connectivity index (χ4v) is 4.18. The highest BCUT2D eigenvalue weighted by Crippen LogP contribution is 2.54. The fourth-order valence-electron chi connectivity index (χ4n) is 3.86. The number of nitriles is 1. The molecular weight excluding hydrogens is 378 g/mol. The molecule has 0 fully saturated rings. The second-order valence-electron chi connectivity index (χ2n) is 6.45. The minimum absolute atomic E-state index is 0.0220. The van der Waals surface area contributed by atoms with Gasteiger partial charge in [0.2, 0.25) is 11.8 Å². The van der Waals surface area contributed by atoms with E-state index < -0.39 is 17.1 Å². The van der Waals surface area contributed by atoms with Gasteiger partial charge in [0.15, 0.2) is 5.78 Å². The van der Waals surface area contributed by atoms with Crippen molar-refractivity contribution in [2.75, 3.05) is 5.32 Å². The molecule has 2 aliphatic heterocycles. The summed E-state index contributed by atoms with van der Waals surface area (Å²) in [4.78, 5) is 26.8. The minimum atomic E-state index is -1.78. The molecule has 6 nitrogen and oxygen atoms in total. The summed E-state index contributed by atoms with van der Waals surface area (Å²) in [5.74, 6) is -1.10. The Hall–Kier alpha value is -3.56. The molecule has 2 aromatic carbocycles. The van der Waals surface area contributed by atoms with Gasteiger partial charge in [-0.2, -0.15) is 5.26 Å². The number of allylic oxidation sites excluding steroid dienone is 1. The van der Waals surface area contributed by atoms with Crippen molar-refractivity contribution >= 4 is 29.0 Å². The number of nitrogens with one attached hydrogen (secondary N) is 1. The number of rotatable bonds is 2. The number of amides is 1. The average molecular weight is 392 g/mol. The lowest BCUT2D eigenvalue weighted by Crippen LogP contribution is -2.45. The van der Waals surface area contributed by atoms with Crippen molar-refractivity contribution in [1.29, 1.82) is 5.26 Å². The van der Waals surface area contributed by atoms with Gasteiger partial charge in [-0.1, -0.05) is 48.0 Å². The van der Waals surface area contributed by atoms with Crippen LogP contribution in [0.25, 0.3) is 0 Å². The lowest BCUT2D eigenvalue weighted by atomic mass is 9.66. The molecule has 1 unspecified atom stereocenters. The topological polar surface area (TPSA) is 105 Å². The third kappa shape index (κ3) is 2.20. The zero-order valence-electron chi connectivity index (χ0n) is 14.7. The maximum Gasteiger partial charge on any atom is 0.245 e. The third-order valence-corrected chi connectivity index (χ3v) is 5.28. The van der Waals surface area contributed by atoms with Crippen LogP contribution in [0.1, 0.15) is 22.8 Å². The van der Waals surface area contributed by atoms with Gasteiger partial charge in [-0.3, -0.25) is 9.59 Å². The predicted molar refractivity (Wildman–Crippen MR) is 103 cm³/mol. The Labute approximate surface area is 165 Å². The molecule has 0 saturated carbocycles. The first-order chi connectivity index (χ1) is 13.4. The zero-order valence-corrected chi connectivity index (χ0v) is 15.5. The van der Waals surface area contributed by atoms with Crippen molar-refractivity contribution in [2.24, 2.45) is 5.73 Å². The largest absolute Gasteiger partial charge is 0.445 e. The molecule has 0 bridgehead atoms. The normalized spacial score (nSPS) is 20.5. The van der Waals surface area contributed by atoms with Crippen molar-refractivity contribution < 1.29 is 14.3 Å². The summed E-state index contributed by atoms with van der Waals surface area (Å²) in [6.45, 7) is 1.54. The number of ether oxygens (including phenoxy) is 1. The Balaban J connectivity index is 2.10. The molecule has 0 radical (unpaired) electrons. The monoisotopic (exact) mass is 391 g/mol. The molecule has 1 amide bonds. The Morgan fingerprint density at radius 2 is 1.93 bits per heavy atom. The number of fused-ring (bicyclic) bond motifs is 2. The highest BCUT2D eigenvalue weighted by atomic mass is 35.5. The number of carbonyl (C=O) groups is 2. The Morgan fingerprint density at radius 1 is 1.21 bits per heavy atom. The van der Waals surface area contributed by atoms with E-state index in [1.807, 2.05) is 6.07 Å². The van der Waals surface area contributed by atoms with E-state index in [4.69, 9.17) is 22.1 Å². The van der Waals surface area contributed by atoms with Gasteiger partial charge in [-0.25, -0.2) is 0 Å². The number of hydrogen-bond acceptors (Lipinski definition) is 5. The number of anilines is 1. The van der Waals surface area contributed by atoms with Crippen LogP contribution >= 0.6 is 11.6 Å². The van der Waals surface area contributed by atoms with Crippen molar-refractivity contribution in [1.82, 2.24) is 0 Å². The zero-order chi connectivity index (χ0) is 20.1. The van der Waals surface area contributed by atoms with Crippen LogP contribution in [0.5, 0.6) is 0 Å². The van der Waals surface area contributed by atoms with Gasteiger partial charge >= 0.3 is 0 Å². The number of benzene rings is 2. The first-order valence-corrected chi connectivity index (χ1v) is 8.80. The second kappa shape index (κ2) is 6.25. The molecule has 3 N–H and O–H groups in total. The standard InChI is InChI=1S/C21H14ClN3O3/c1-11-16(18(26)12-6-3-2-4-7-12)21(13(10-23)19(24)28-11)17-14(22)8-5-9-15(17)25-20(21)27/h2-9H,24H2,1H3,(H,25,27). The van der Waals surface area contributed by atoms with E-state index >= 15 is 0 Å². The smallest absolute Gasteiger partial charge is 0.245 e. The highest BCUT2D eigenvalue weighted by Gasteiger charge is 2.60. The number of carbonyl (C=O) groups excluding carboxylic acids is 2. The number of hydrogen-bond donors (Lipinski definition) is 2. The van der Waals surface area contributed by atoms with Gasteiger partial charge in [0, 0.05) is 21.8 Å². The number of nitrogens with two attached hydrogens (primary N) is 1. The van der Waals surface area contributed by atoms with Crippen LogP contribution in [0.15, 0.2) is 71.3 Å². The number of nitrogens with zero attached hydrogens (tertiary/aromatic N) is 1. The first kappa shape index (κ1) is 17.8. The maximum atomic E-state index is 13.5. The Kier molecular flexibility index (Phi) is 3.98. The lowest BCUT2D eigenvalue weighted by Gasteiger charge is -2.34. The summed E-state index contributed by atoms with van der Waals surface area (Å²) >= 11 is 6.45. The third-order valence-electron chi connectivity index (χ3n) is 4.96. The number of Topliss-reactive ketones (excluding diaryl/α,β-unsaturated/α-hetero) is 1. The summed E-state index contributed by atoms with van der Waals surface area (Å²) in [5.41, 5.74) is 5.15. The molecule has 2 aliphatic rings. The van der Waals surface area contributed by atoms with E-state index in [0.717, 1.165) is 0 Å². The second-order valence-corrected chi connectivity index (χ2v) is 6.85. The lowest BCUT2D eigenvalue weighted by molar-refractivity contribution is -0.118. The molecule has 0 saturated heterocycles. The van der Waals surface area contributed by atoms with Crippen LogP contribution in [0.2, 0.25) is 5.02 Å².